The van der Waals surface area contributed by atoms with Crippen LogP contribution in [0, 0.1) is 0 Å². The quantitative estimate of drug-likeness (QED) is 0.891. The van der Waals surface area contributed by atoms with Gasteiger partial charge in [-0.3, -0.25) is 4.98 Å². The van der Waals surface area contributed by atoms with Crippen LogP contribution in [0.2, 0.25) is 0 Å². The van der Waals surface area contributed by atoms with Gasteiger partial charge in [-0.25, -0.2) is 0 Å². The van der Waals surface area contributed by atoms with Crippen LogP contribution in [0.15, 0.2) is 42.6 Å². The second-order valence-corrected chi connectivity index (χ2v) is 6.19. The lowest BCUT2D eigenvalue weighted by atomic mass is 9.86. The van der Waals surface area contributed by atoms with Crippen LogP contribution in [0.5, 0.6) is 11.5 Å². The zero-order chi connectivity index (χ0) is 15.5. The molecule has 21 heavy (non-hydrogen) atoms. The fourth-order valence-electron chi connectivity index (χ4n) is 2.16. The van der Waals surface area contributed by atoms with Crippen molar-refractivity contribution in [1.82, 2.24) is 4.98 Å². The summed E-state index contributed by atoms with van der Waals surface area (Å²) >= 11 is 0. The van der Waals surface area contributed by atoms with E-state index >= 15 is 0 Å². The maximum Gasteiger partial charge on any atom is 0.145 e. The van der Waals surface area contributed by atoms with Gasteiger partial charge < -0.3 is 9.84 Å². The molecule has 1 unspecified atom stereocenters. The van der Waals surface area contributed by atoms with Crippen LogP contribution in [-0.4, -0.2) is 10.1 Å². The van der Waals surface area contributed by atoms with E-state index in [1.54, 1.807) is 6.20 Å². The summed E-state index contributed by atoms with van der Waals surface area (Å²) in [6.07, 6.45) is 1.80. The molecule has 3 heteroatoms. The van der Waals surface area contributed by atoms with Crippen molar-refractivity contribution < 1.29 is 9.84 Å². The Hall–Kier alpha value is -1.87. The Labute approximate surface area is 126 Å². The predicted molar refractivity (Wildman–Crippen MR) is 84.7 cm³/mol. The molecule has 0 bridgehead atoms. The summed E-state index contributed by atoms with van der Waals surface area (Å²) in [6.45, 7) is 8.41. The number of aliphatic hydroxyl groups excluding tert-OH is 1. The van der Waals surface area contributed by atoms with Gasteiger partial charge in [0.1, 0.15) is 11.5 Å². The van der Waals surface area contributed by atoms with E-state index in [1.165, 1.54) is 0 Å². The van der Waals surface area contributed by atoms with Crippen LogP contribution in [0.25, 0.3) is 0 Å². The number of pyridine rings is 1. The smallest absolute Gasteiger partial charge is 0.145 e. The molecule has 0 aliphatic rings. The second kappa shape index (κ2) is 6.27. The van der Waals surface area contributed by atoms with E-state index in [0.717, 1.165) is 11.3 Å². The van der Waals surface area contributed by atoms with Crippen LogP contribution in [-0.2, 0) is 5.41 Å². The van der Waals surface area contributed by atoms with Gasteiger partial charge in [0.05, 0.1) is 18.0 Å². The summed E-state index contributed by atoms with van der Waals surface area (Å²) in [5, 5.41) is 9.76. The van der Waals surface area contributed by atoms with Crippen LogP contribution in [0.4, 0.5) is 0 Å². The third-order valence-electron chi connectivity index (χ3n) is 3.41. The van der Waals surface area contributed by atoms with Crippen molar-refractivity contribution in [2.24, 2.45) is 0 Å². The van der Waals surface area contributed by atoms with E-state index in [-0.39, 0.29) is 5.41 Å². The third-order valence-corrected chi connectivity index (χ3v) is 3.41. The van der Waals surface area contributed by atoms with Crippen molar-refractivity contribution >= 4 is 0 Å². The molecule has 1 N–H and O–H groups in total. The Morgan fingerprint density at radius 3 is 2.43 bits per heavy atom. The average Bonchev–Trinajstić information content (AvgIpc) is 2.47. The summed E-state index contributed by atoms with van der Waals surface area (Å²) in [6, 6.07) is 11.7. The van der Waals surface area contributed by atoms with E-state index in [4.69, 9.17) is 4.74 Å². The molecule has 1 aromatic carbocycles. The Balaban J connectivity index is 2.23. The highest BCUT2D eigenvalue weighted by atomic mass is 16.5. The molecule has 3 nitrogen and oxygen atoms in total. The van der Waals surface area contributed by atoms with Crippen molar-refractivity contribution in [2.75, 3.05) is 0 Å². The molecule has 0 radical (unpaired) electrons. The van der Waals surface area contributed by atoms with Crippen molar-refractivity contribution in [3.05, 3.63) is 53.9 Å². The van der Waals surface area contributed by atoms with Crippen molar-refractivity contribution in [3.63, 3.8) is 0 Å². The van der Waals surface area contributed by atoms with Gasteiger partial charge in [-0.05, 0) is 30.0 Å². The summed E-state index contributed by atoms with van der Waals surface area (Å²) in [5.74, 6) is 1.52. The van der Waals surface area contributed by atoms with Gasteiger partial charge in [-0.1, -0.05) is 45.9 Å². The minimum atomic E-state index is -0.513. The third kappa shape index (κ3) is 3.82. The van der Waals surface area contributed by atoms with E-state index in [0.29, 0.717) is 17.9 Å². The maximum atomic E-state index is 9.76. The summed E-state index contributed by atoms with van der Waals surface area (Å²) in [4.78, 5) is 4.26. The number of benzene rings is 1. The zero-order valence-electron chi connectivity index (χ0n) is 13.1. The summed E-state index contributed by atoms with van der Waals surface area (Å²) in [7, 11) is 0. The molecule has 0 amide bonds. The first-order chi connectivity index (χ1) is 9.91. The lowest BCUT2D eigenvalue weighted by Crippen LogP contribution is -2.12. The second-order valence-electron chi connectivity index (χ2n) is 6.19. The number of ether oxygens (including phenoxy) is 1. The van der Waals surface area contributed by atoms with E-state index in [9.17, 15) is 5.11 Å². The van der Waals surface area contributed by atoms with Crippen LogP contribution in [0.1, 0.15) is 51.5 Å². The Bertz CT molecular complexity index is 585. The van der Waals surface area contributed by atoms with Gasteiger partial charge in [0.25, 0.3) is 0 Å². The van der Waals surface area contributed by atoms with Gasteiger partial charge in [0, 0.05) is 5.56 Å². The molecular weight excluding hydrogens is 262 g/mol. The number of nitrogens with zero attached hydrogens (tertiary/aromatic N) is 1. The van der Waals surface area contributed by atoms with E-state index in [1.807, 2.05) is 37.3 Å². The average molecular weight is 285 g/mol. The molecule has 0 aliphatic carbocycles. The monoisotopic (exact) mass is 285 g/mol. The zero-order valence-corrected chi connectivity index (χ0v) is 13.1. The molecule has 1 atom stereocenters. The van der Waals surface area contributed by atoms with Crippen LogP contribution >= 0.6 is 0 Å². The highest BCUT2D eigenvalue weighted by molar-refractivity contribution is 5.41. The van der Waals surface area contributed by atoms with Gasteiger partial charge in [0.15, 0.2) is 0 Å². The molecule has 2 rings (SSSR count). The topological polar surface area (TPSA) is 42.4 Å². The fraction of sp³-hybridized carbons (Fsp3) is 0.389. The molecular formula is C18H23NO2. The number of rotatable bonds is 4. The number of hydrogen-bond donors (Lipinski definition) is 1. The van der Waals surface area contributed by atoms with Crippen LogP contribution < -0.4 is 4.74 Å². The number of aromatic nitrogens is 1. The van der Waals surface area contributed by atoms with Crippen molar-refractivity contribution in [3.8, 4) is 11.5 Å². The van der Waals surface area contributed by atoms with Crippen molar-refractivity contribution in [2.45, 2.75) is 45.6 Å². The highest BCUT2D eigenvalue weighted by Gasteiger charge is 2.18. The Morgan fingerprint density at radius 2 is 1.86 bits per heavy atom. The Kier molecular flexibility index (Phi) is 4.63. The lowest BCUT2D eigenvalue weighted by Gasteiger charge is -2.22. The molecule has 0 aliphatic heterocycles. The largest absolute Gasteiger partial charge is 0.455 e. The summed E-state index contributed by atoms with van der Waals surface area (Å²) < 4.78 is 5.96. The van der Waals surface area contributed by atoms with Crippen LogP contribution in [0.3, 0.4) is 0 Å². The molecule has 0 saturated carbocycles. The van der Waals surface area contributed by atoms with Gasteiger partial charge in [-0.2, -0.15) is 0 Å². The molecule has 0 saturated heterocycles. The predicted octanol–water partition coefficient (Wildman–Crippen LogP) is 4.61. The minimum Gasteiger partial charge on any atom is -0.455 e. The van der Waals surface area contributed by atoms with Crippen molar-refractivity contribution in [1.29, 1.82) is 0 Å². The number of hydrogen-bond acceptors (Lipinski definition) is 3. The molecule has 2 aromatic rings. The fourth-order valence-corrected chi connectivity index (χ4v) is 2.16. The first-order valence-corrected chi connectivity index (χ1v) is 7.33. The molecule has 1 aromatic heterocycles. The first-order valence-electron chi connectivity index (χ1n) is 7.33. The molecule has 1 heterocycles. The van der Waals surface area contributed by atoms with E-state index < -0.39 is 6.10 Å². The number of aliphatic hydroxyl groups is 1. The highest BCUT2D eigenvalue weighted by Crippen LogP contribution is 2.33. The standard InChI is InChI=1S/C18H23NO2/c1-5-16(20)15-11-10-13(12-19-15)21-17-9-7-6-8-14(17)18(2,3)4/h6-12,16,20H,5H2,1-4H3. The minimum absolute atomic E-state index is 0.0162. The first kappa shape index (κ1) is 15.5. The van der Waals surface area contributed by atoms with Gasteiger partial charge >= 0.3 is 0 Å². The number of para-hydroxylation sites is 1. The Morgan fingerprint density at radius 1 is 1.14 bits per heavy atom. The lowest BCUT2D eigenvalue weighted by molar-refractivity contribution is 0.169. The van der Waals surface area contributed by atoms with Gasteiger partial charge in [0.2, 0.25) is 0 Å². The molecule has 0 fully saturated rings. The molecule has 0 spiro atoms. The molecule has 112 valence electrons. The van der Waals surface area contributed by atoms with Gasteiger partial charge in [-0.15, -0.1) is 0 Å². The normalized spacial score (nSPS) is 13.0. The maximum absolute atomic E-state index is 9.76. The van der Waals surface area contributed by atoms with E-state index in [2.05, 4.69) is 31.8 Å². The SMILES string of the molecule is CCC(O)c1ccc(Oc2ccccc2C(C)(C)C)cn1. The summed E-state index contributed by atoms with van der Waals surface area (Å²) in [5.41, 5.74) is 1.85.